The first kappa shape index (κ1) is 11.8. The summed E-state index contributed by atoms with van der Waals surface area (Å²) in [5, 5.41) is 2.79. The van der Waals surface area contributed by atoms with Crippen LogP contribution in [0.4, 0.5) is 5.69 Å². The number of benzene rings is 1. The maximum absolute atomic E-state index is 11.7. The van der Waals surface area contributed by atoms with E-state index in [4.69, 9.17) is 0 Å². The van der Waals surface area contributed by atoms with E-state index in [0.29, 0.717) is 8.79 Å². The van der Waals surface area contributed by atoms with Crippen LogP contribution >= 0.6 is 43.2 Å². The van der Waals surface area contributed by atoms with Crippen LogP contribution in [0.5, 0.6) is 0 Å². The summed E-state index contributed by atoms with van der Waals surface area (Å²) >= 11 is 7.85. The molecular formula is C10H6Br2N2OS. The molecule has 0 unspecified atom stereocenters. The zero-order valence-corrected chi connectivity index (χ0v) is 11.9. The van der Waals surface area contributed by atoms with Crippen molar-refractivity contribution in [1.29, 1.82) is 0 Å². The molecule has 1 amide bonds. The lowest BCUT2D eigenvalue weighted by atomic mass is 10.3. The number of thiazole rings is 1. The molecule has 0 saturated heterocycles. The molecule has 0 aliphatic heterocycles. The smallest absolute Gasteiger partial charge is 0.267 e. The van der Waals surface area contributed by atoms with Gasteiger partial charge in [-0.3, -0.25) is 4.79 Å². The lowest BCUT2D eigenvalue weighted by Crippen LogP contribution is -2.09. The van der Waals surface area contributed by atoms with Crippen molar-refractivity contribution < 1.29 is 4.79 Å². The van der Waals surface area contributed by atoms with Crippen molar-refractivity contribution in [3.63, 3.8) is 0 Å². The van der Waals surface area contributed by atoms with Gasteiger partial charge >= 0.3 is 0 Å². The number of nitrogens with one attached hydrogen (secondary N) is 1. The fourth-order valence-electron chi connectivity index (χ4n) is 1.08. The molecule has 0 radical (unpaired) electrons. The molecule has 2 rings (SSSR count). The van der Waals surface area contributed by atoms with Gasteiger partial charge in [0.1, 0.15) is 4.88 Å². The molecule has 1 N–H and O–H groups in total. The number of anilines is 1. The molecule has 1 aromatic carbocycles. The largest absolute Gasteiger partial charge is 0.321 e. The average Bonchev–Trinajstić information content (AvgIpc) is 2.68. The number of carbonyl (C=O) groups is 1. The Bertz CT molecular complexity index is 510. The van der Waals surface area contributed by atoms with Gasteiger partial charge in [0.25, 0.3) is 5.91 Å². The highest BCUT2D eigenvalue weighted by molar-refractivity contribution is 9.11. The van der Waals surface area contributed by atoms with E-state index in [0.717, 1.165) is 10.2 Å². The van der Waals surface area contributed by atoms with Crippen LogP contribution in [0.25, 0.3) is 0 Å². The van der Waals surface area contributed by atoms with Gasteiger partial charge in [-0.1, -0.05) is 15.9 Å². The second kappa shape index (κ2) is 5.07. The number of hydrogen-bond donors (Lipinski definition) is 1. The second-order valence-electron chi connectivity index (χ2n) is 2.94. The summed E-state index contributed by atoms with van der Waals surface area (Å²) in [6.45, 7) is 0. The van der Waals surface area contributed by atoms with Crippen LogP contribution in [0.2, 0.25) is 0 Å². The van der Waals surface area contributed by atoms with Crippen LogP contribution in [0.1, 0.15) is 9.67 Å². The monoisotopic (exact) mass is 360 g/mol. The normalized spacial score (nSPS) is 10.1. The van der Waals surface area contributed by atoms with E-state index in [2.05, 4.69) is 42.2 Å². The predicted octanol–water partition coefficient (Wildman–Crippen LogP) is 3.92. The van der Waals surface area contributed by atoms with Gasteiger partial charge in [-0.15, -0.1) is 11.3 Å². The van der Waals surface area contributed by atoms with Gasteiger partial charge in [-0.05, 0) is 40.2 Å². The van der Waals surface area contributed by atoms with E-state index in [1.54, 1.807) is 6.20 Å². The average molecular weight is 362 g/mol. The predicted molar refractivity (Wildman–Crippen MR) is 71.9 cm³/mol. The topological polar surface area (TPSA) is 42.0 Å². The molecule has 82 valence electrons. The van der Waals surface area contributed by atoms with Crippen molar-refractivity contribution in [3.05, 3.63) is 43.7 Å². The van der Waals surface area contributed by atoms with Crippen LogP contribution in [0.3, 0.4) is 0 Å². The zero-order valence-electron chi connectivity index (χ0n) is 7.91. The van der Waals surface area contributed by atoms with Gasteiger partial charge < -0.3 is 5.32 Å². The highest BCUT2D eigenvalue weighted by atomic mass is 79.9. The van der Waals surface area contributed by atoms with Crippen LogP contribution in [0, 0.1) is 0 Å². The summed E-state index contributed by atoms with van der Waals surface area (Å²) < 4.78 is 1.68. The fraction of sp³-hybridized carbons (Fsp3) is 0. The SMILES string of the molecule is O=C(Nc1ccc(Br)cc1)c1cnc(Br)s1. The number of amides is 1. The van der Waals surface area contributed by atoms with E-state index in [1.165, 1.54) is 11.3 Å². The Hall–Kier alpha value is -0.720. The van der Waals surface area contributed by atoms with E-state index in [-0.39, 0.29) is 5.91 Å². The van der Waals surface area contributed by atoms with Gasteiger partial charge in [0.2, 0.25) is 0 Å². The number of hydrogen-bond acceptors (Lipinski definition) is 3. The Labute approximate surface area is 113 Å². The van der Waals surface area contributed by atoms with Crippen molar-refractivity contribution in [1.82, 2.24) is 4.98 Å². The number of rotatable bonds is 2. The molecule has 0 fully saturated rings. The third-order valence-corrected chi connectivity index (χ3v) is 3.81. The summed E-state index contributed by atoms with van der Waals surface area (Å²) in [6, 6.07) is 7.41. The lowest BCUT2D eigenvalue weighted by Gasteiger charge is -2.02. The van der Waals surface area contributed by atoms with Crippen molar-refractivity contribution in [2.45, 2.75) is 0 Å². The highest BCUT2D eigenvalue weighted by Gasteiger charge is 2.09. The molecule has 6 heteroatoms. The van der Waals surface area contributed by atoms with E-state index < -0.39 is 0 Å². The fourth-order valence-corrected chi connectivity index (χ4v) is 2.51. The van der Waals surface area contributed by atoms with E-state index in [9.17, 15) is 4.79 Å². The Balaban J connectivity index is 2.10. The number of aromatic nitrogens is 1. The molecule has 0 bridgehead atoms. The minimum Gasteiger partial charge on any atom is -0.321 e. The van der Waals surface area contributed by atoms with Crippen molar-refractivity contribution in [2.75, 3.05) is 5.32 Å². The van der Waals surface area contributed by atoms with Crippen LogP contribution in [0.15, 0.2) is 38.9 Å². The number of carbonyl (C=O) groups excluding carboxylic acids is 1. The van der Waals surface area contributed by atoms with Crippen molar-refractivity contribution in [2.24, 2.45) is 0 Å². The van der Waals surface area contributed by atoms with Gasteiger partial charge in [0, 0.05) is 10.2 Å². The molecule has 1 aromatic heterocycles. The summed E-state index contributed by atoms with van der Waals surface area (Å²) in [5.41, 5.74) is 0.762. The summed E-state index contributed by atoms with van der Waals surface area (Å²) in [5.74, 6) is -0.148. The quantitative estimate of drug-likeness (QED) is 0.880. The molecule has 0 saturated carbocycles. The minimum absolute atomic E-state index is 0.148. The molecule has 1 heterocycles. The summed E-state index contributed by atoms with van der Waals surface area (Å²) in [7, 11) is 0. The van der Waals surface area contributed by atoms with Crippen LogP contribution in [-0.4, -0.2) is 10.9 Å². The molecule has 16 heavy (non-hydrogen) atoms. The first-order valence-electron chi connectivity index (χ1n) is 4.33. The maximum Gasteiger partial charge on any atom is 0.267 e. The van der Waals surface area contributed by atoms with Crippen LogP contribution < -0.4 is 5.32 Å². The van der Waals surface area contributed by atoms with E-state index >= 15 is 0 Å². The minimum atomic E-state index is -0.148. The zero-order chi connectivity index (χ0) is 11.5. The van der Waals surface area contributed by atoms with E-state index in [1.807, 2.05) is 24.3 Å². The Morgan fingerprint density at radius 2 is 1.94 bits per heavy atom. The van der Waals surface area contributed by atoms with Crippen molar-refractivity contribution >= 4 is 54.8 Å². The summed E-state index contributed by atoms with van der Waals surface area (Å²) in [4.78, 5) is 16.3. The first-order chi connectivity index (χ1) is 7.65. The van der Waals surface area contributed by atoms with Gasteiger partial charge in [-0.2, -0.15) is 0 Å². The molecule has 3 nitrogen and oxygen atoms in total. The maximum atomic E-state index is 11.7. The molecule has 0 aliphatic rings. The van der Waals surface area contributed by atoms with Crippen molar-refractivity contribution in [3.8, 4) is 0 Å². The third kappa shape index (κ3) is 2.90. The Kier molecular flexibility index (Phi) is 3.73. The second-order valence-corrected chi connectivity index (χ2v) is 6.16. The summed E-state index contributed by atoms with van der Waals surface area (Å²) in [6.07, 6.45) is 1.54. The standard InChI is InChI=1S/C10H6Br2N2OS/c11-6-1-3-7(4-2-6)14-9(15)8-5-13-10(12)16-8/h1-5H,(H,14,15). The molecule has 0 spiro atoms. The first-order valence-corrected chi connectivity index (χ1v) is 6.73. The van der Waals surface area contributed by atoms with Crippen LogP contribution in [-0.2, 0) is 0 Å². The Morgan fingerprint density at radius 1 is 1.25 bits per heavy atom. The molecular weight excluding hydrogens is 356 g/mol. The molecule has 0 atom stereocenters. The third-order valence-electron chi connectivity index (χ3n) is 1.80. The van der Waals surface area contributed by atoms with Gasteiger partial charge in [0.15, 0.2) is 3.92 Å². The van der Waals surface area contributed by atoms with Gasteiger partial charge in [0.05, 0.1) is 6.20 Å². The van der Waals surface area contributed by atoms with Gasteiger partial charge in [-0.25, -0.2) is 4.98 Å². The lowest BCUT2D eigenvalue weighted by molar-refractivity contribution is 0.103. The Morgan fingerprint density at radius 3 is 2.50 bits per heavy atom. The molecule has 0 aliphatic carbocycles. The highest BCUT2D eigenvalue weighted by Crippen LogP contribution is 2.20. The number of halogens is 2. The molecule has 2 aromatic rings. The number of nitrogens with zero attached hydrogens (tertiary/aromatic N) is 1.